The van der Waals surface area contributed by atoms with Crippen LogP contribution in [0.25, 0.3) is 0 Å². The maximum atomic E-state index is 12.8. The third-order valence-electron chi connectivity index (χ3n) is 5.16. The van der Waals surface area contributed by atoms with Crippen molar-refractivity contribution in [3.8, 4) is 5.75 Å². The van der Waals surface area contributed by atoms with Crippen LogP contribution in [0.3, 0.4) is 0 Å². The zero-order valence-electron chi connectivity index (χ0n) is 17.2. The van der Waals surface area contributed by atoms with E-state index in [0.29, 0.717) is 36.0 Å². The van der Waals surface area contributed by atoms with E-state index in [4.69, 9.17) is 4.74 Å². The number of nitrogens with zero attached hydrogens (tertiary/aromatic N) is 1. The van der Waals surface area contributed by atoms with Crippen molar-refractivity contribution in [3.05, 3.63) is 76.7 Å². The standard InChI is InChI=1S/C23H24N2O4S2/c1-2-29-21-9-5-17(6-10-21)14-22(26)24-20-8-7-18-11-12-25(16-19(18)15-20)31(27,28)23-4-3-13-30-23/h3-10,13,15H,2,11-12,14,16H2,1H3,(H,24,26). The van der Waals surface area contributed by atoms with Crippen LogP contribution in [0, 0.1) is 0 Å². The van der Waals surface area contributed by atoms with Gasteiger partial charge in [0.1, 0.15) is 9.96 Å². The Balaban J connectivity index is 1.43. The molecule has 1 aliphatic rings. The van der Waals surface area contributed by atoms with Crippen molar-refractivity contribution in [2.24, 2.45) is 0 Å². The first-order chi connectivity index (χ1) is 15.0. The predicted molar refractivity (Wildman–Crippen MR) is 122 cm³/mol. The number of hydrogen-bond acceptors (Lipinski definition) is 5. The van der Waals surface area contributed by atoms with Gasteiger partial charge in [0, 0.05) is 18.8 Å². The van der Waals surface area contributed by atoms with Crippen molar-refractivity contribution in [1.82, 2.24) is 4.31 Å². The minimum atomic E-state index is -3.49. The number of ether oxygens (including phenoxy) is 1. The van der Waals surface area contributed by atoms with Crippen molar-refractivity contribution >= 4 is 33.0 Å². The monoisotopic (exact) mass is 456 g/mol. The van der Waals surface area contributed by atoms with Gasteiger partial charge >= 0.3 is 0 Å². The highest BCUT2D eigenvalue weighted by Crippen LogP contribution is 2.28. The number of rotatable bonds is 7. The molecule has 2 heterocycles. The summed E-state index contributed by atoms with van der Waals surface area (Å²) < 4.78 is 33.0. The van der Waals surface area contributed by atoms with Crippen molar-refractivity contribution < 1.29 is 17.9 Å². The van der Waals surface area contributed by atoms with E-state index in [1.807, 2.05) is 49.4 Å². The topological polar surface area (TPSA) is 75.7 Å². The summed E-state index contributed by atoms with van der Waals surface area (Å²) in [6.07, 6.45) is 0.905. The quantitative estimate of drug-likeness (QED) is 0.581. The van der Waals surface area contributed by atoms with Gasteiger partial charge in [-0.15, -0.1) is 11.3 Å². The molecule has 162 valence electrons. The molecule has 1 amide bonds. The summed E-state index contributed by atoms with van der Waals surface area (Å²) in [5, 5.41) is 4.69. The summed E-state index contributed by atoms with van der Waals surface area (Å²) in [7, 11) is -3.49. The first-order valence-electron chi connectivity index (χ1n) is 10.1. The Bertz CT molecular complexity index is 1160. The Morgan fingerprint density at radius 1 is 1.13 bits per heavy atom. The molecule has 0 saturated carbocycles. The highest BCUT2D eigenvalue weighted by Gasteiger charge is 2.29. The van der Waals surface area contributed by atoms with Crippen LogP contribution in [0.4, 0.5) is 5.69 Å². The third-order valence-corrected chi connectivity index (χ3v) is 8.37. The first-order valence-corrected chi connectivity index (χ1v) is 12.4. The van der Waals surface area contributed by atoms with Crippen molar-refractivity contribution in [1.29, 1.82) is 0 Å². The molecule has 1 N–H and O–H groups in total. The number of sulfonamides is 1. The van der Waals surface area contributed by atoms with Gasteiger partial charge in [-0.05, 0) is 65.7 Å². The van der Waals surface area contributed by atoms with Crippen LogP contribution in [0.5, 0.6) is 5.75 Å². The first kappa shape index (κ1) is 21.5. The van der Waals surface area contributed by atoms with Crippen molar-refractivity contribution in [3.63, 3.8) is 0 Å². The molecule has 0 aliphatic carbocycles. The summed E-state index contributed by atoms with van der Waals surface area (Å²) in [6, 6.07) is 16.6. The zero-order chi connectivity index (χ0) is 21.8. The molecule has 0 bridgehead atoms. The Labute approximate surface area is 186 Å². The molecule has 0 unspecified atom stereocenters. The summed E-state index contributed by atoms with van der Waals surface area (Å²) in [6.45, 7) is 3.29. The van der Waals surface area contributed by atoms with Crippen molar-refractivity contribution in [2.75, 3.05) is 18.5 Å². The second-order valence-electron chi connectivity index (χ2n) is 7.31. The van der Waals surface area contributed by atoms with Gasteiger partial charge in [-0.2, -0.15) is 4.31 Å². The molecular formula is C23H24N2O4S2. The minimum absolute atomic E-state index is 0.122. The van der Waals surface area contributed by atoms with Gasteiger partial charge < -0.3 is 10.1 Å². The number of hydrogen-bond donors (Lipinski definition) is 1. The lowest BCUT2D eigenvalue weighted by atomic mass is 10.0. The van der Waals surface area contributed by atoms with Gasteiger partial charge in [0.05, 0.1) is 13.0 Å². The molecule has 3 aromatic rings. The summed E-state index contributed by atoms with van der Waals surface area (Å²) in [5.74, 6) is 0.659. The maximum absolute atomic E-state index is 12.8. The van der Waals surface area contributed by atoms with Crippen LogP contribution in [-0.2, 0) is 34.2 Å². The SMILES string of the molecule is CCOc1ccc(CC(=O)Nc2ccc3c(c2)CN(S(=O)(=O)c2cccs2)CC3)cc1. The smallest absolute Gasteiger partial charge is 0.252 e. The molecule has 0 radical (unpaired) electrons. The molecule has 1 aromatic heterocycles. The average Bonchev–Trinajstić information content (AvgIpc) is 3.31. The van der Waals surface area contributed by atoms with Crippen molar-refractivity contribution in [2.45, 2.75) is 30.5 Å². The van der Waals surface area contributed by atoms with Crippen LogP contribution >= 0.6 is 11.3 Å². The molecule has 31 heavy (non-hydrogen) atoms. The highest BCUT2D eigenvalue weighted by molar-refractivity contribution is 7.91. The van der Waals surface area contributed by atoms with Crippen LogP contribution < -0.4 is 10.1 Å². The van der Waals surface area contributed by atoms with Crippen LogP contribution in [0.2, 0.25) is 0 Å². The average molecular weight is 457 g/mol. The van der Waals surface area contributed by atoms with E-state index < -0.39 is 10.0 Å². The fourth-order valence-corrected chi connectivity index (χ4v) is 6.18. The maximum Gasteiger partial charge on any atom is 0.252 e. The number of fused-ring (bicyclic) bond motifs is 1. The molecular weight excluding hydrogens is 432 g/mol. The van der Waals surface area contributed by atoms with Gasteiger partial charge in [-0.1, -0.05) is 24.3 Å². The second-order valence-corrected chi connectivity index (χ2v) is 10.4. The summed E-state index contributed by atoms with van der Waals surface area (Å²) in [4.78, 5) is 12.5. The van der Waals surface area contributed by atoms with Crippen LogP contribution in [-0.4, -0.2) is 31.8 Å². The number of anilines is 1. The number of thiophene rings is 1. The Kier molecular flexibility index (Phi) is 6.41. The molecule has 4 rings (SSSR count). The molecule has 8 heteroatoms. The number of carbonyl (C=O) groups excluding carboxylic acids is 1. The van der Waals surface area contributed by atoms with Gasteiger partial charge in [0.15, 0.2) is 0 Å². The summed E-state index contributed by atoms with van der Waals surface area (Å²) >= 11 is 1.23. The fourth-order valence-electron chi connectivity index (χ4n) is 3.61. The fraction of sp³-hybridized carbons (Fsp3) is 0.261. The molecule has 1 aliphatic heterocycles. The minimum Gasteiger partial charge on any atom is -0.494 e. The Morgan fingerprint density at radius 2 is 1.94 bits per heavy atom. The lowest BCUT2D eigenvalue weighted by Crippen LogP contribution is -2.35. The number of benzene rings is 2. The number of amides is 1. The van der Waals surface area contributed by atoms with E-state index in [1.54, 1.807) is 17.5 Å². The van der Waals surface area contributed by atoms with E-state index in [2.05, 4.69) is 5.32 Å². The third kappa shape index (κ3) is 4.98. The Morgan fingerprint density at radius 3 is 2.65 bits per heavy atom. The lowest BCUT2D eigenvalue weighted by molar-refractivity contribution is -0.115. The van der Waals surface area contributed by atoms with Gasteiger partial charge in [-0.25, -0.2) is 8.42 Å². The predicted octanol–water partition coefficient (Wildman–Crippen LogP) is 4.08. The van der Waals surface area contributed by atoms with E-state index in [9.17, 15) is 13.2 Å². The second kappa shape index (κ2) is 9.21. The van der Waals surface area contributed by atoms with Gasteiger partial charge in [0.2, 0.25) is 5.91 Å². The van der Waals surface area contributed by atoms with Gasteiger partial charge in [-0.3, -0.25) is 4.79 Å². The van der Waals surface area contributed by atoms with Crippen LogP contribution in [0.1, 0.15) is 23.6 Å². The number of carbonyl (C=O) groups is 1. The molecule has 2 aromatic carbocycles. The lowest BCUT2D eigenvalue weighted by Gasteiger charge is -2.28. The molecule has 6 nitrogen and oxygen atoms in total. The zero-order valence-corrected chi connectivity index (χ0v) is 18.8. The molecule has 0 spiro atoms. The van der Waals surface area contributed by atoms with E-state index >= 15 is 0 Å². The van der Waals surface area contributed by atoms with E-state index in [-0.39, 0.29) is 12.3 Å². The molecule has 0 saturated heterocycles. The van der Waals surface area contributed by atoms with E-state index in [1.165, 1.54) is 15.6 Å². The van der Waals surface area contributed by atoms with Crippen LogP contribution in [0.15, 0.2) is 64.2 Å². The highest BCUT2D eigenvalue weighted by atomic mass is 32.2. The van der Waals surface area contributed by atoms with Gasteiger partial charge in [0.25, 0.3) is 10.0 Å². The number of nitrogens with one attached hydrogen (secondary N) is 1. The largest absolute Gasteiger partial charge is 0.494 e. The summed E-state index contributed by atoms with van der Waals surface area (Å²) in [5.41, 5.74) is 3.60. The molecule has 0 fully saturated rings. The van der Waals surface area contributed by atoms with E-state index in [0.717, 1.165) is 22.4 Å². The molecule has 0 atom stereocenters. The Hall–Kier alpha value is -2.68. The normalized spacial score (nSPS) is 14.1.